The summed E-state index contributed by atoms with van der Waals surface area (Å²) in [6, 6.07) is 8.69. The quantitative estimate of drug-likeness (QED) is 0.657. The lowest BCUT2D eigenvalue weighted by Gasteiger charge is -2.28. The third-order valence-electron chi connectivity index (χ3n) is 6.39. The number of nitrogens with zero attached hydrogens (tertiary/aromatic N) is 2. The lowest BCUT2D eigenvalue weighted by molar-refractivity contribution is -0.127. The van der Waals surface area contributed by atoms with Gasteiger partial charge in [-0.2, -0.15) is 0 Å². The largest absolute Gasteiger partial charge is 0.379 e. The number of hydrogen-bond donors (Lipinski definition) is 0. The maximum absolute atomic E-state index is 13.3. The van der Waals surface area contributed by atoms with Crippen LogP contribution in [0.25, 0.3) is 10.9 Å². The van der Waals surface area contributed by atoms with Crippen molar-refractivity contribution < 1.29 is 9.53 Å². The second-order valence-corrected chi connectivity index (χ2v) is 8.46. The third kappa shape index (κ3) is 3.18. The summed E-state index contributed by atoms with van der Waals surface area (Å²) in [4.78, 5) is 15.5. The number of carbonyl (C=O) groups is 1. The molecule has 0 saturated heterocycles. The van der Waals surface area contributed by atoms with E-state index in [4.69, 9.17) is 4.74 Å². The molecule has 0 fully saturated rings. The first kappa shape index (κ1) is 19.3. The van der Waals surface area contributed by atoms with E-state index in [2.05, 4.69) is 61.6 Å². The second-order valence-electron chi connectivity index (χ2n) is 8.46. The van der Waals surface area contributed by atoms with Gasteiger partial charge in [0, 0.05) is 47.9 Å². The van der Waals surface area contributed by atoms with Gasteiger partial charge in [0.15, 0.2) is 0 Å². The molecule has 2 aromatic rings. The Balaban J connectivity index is 1.74. The van der Waals surface area contributed by atoms with Crippen molar-refractivity contribution in [3.05, 3.63) is 46.7 Å². The van der Waals surface area contributed by atoms with Crippen molar-refractivity contribution in [2.24, 2.45) is 7.05 Å². The average Bonchev–Trinajstić information content (AvgIpc) is 3.11. The normalized spacial score (nSPS) is 20.0. The summed E-state index contributed by atoms with van der Waals surface area (Å²) in [5, 5.41) is 1.28. The highest BCUT2D eigenvalue weighted by atomic mass is 16.5. The highest BCUT2D eigenvalue weighted by Gasteiger charge is 2.41. The zero-order valence-corrected chi connectivity index (χ0v) is 17.6. The van der Waals surface area contributed by atoms with Crippen LogP contribution in [0, 0.1) is 6.92 Å². The van der Waals surface area contributed by atoms with Gasteiger partial charge in [-0.05, 0) is 64.5 Å². The van der Waals surface area contributed by atoms with Crippen molar-refractivity contribution in [3.8, 4) is 0 Å². The molecule has 150 valence electrons. The first-order chi connectivity index (χ1) is 13.5. The molecule has 4 nitrogen and oxygen atoms in total. The van der Waals surface area contributed by atoms with E-state index in [0.717, 1.165) is 37.8 Å². The Labute approximate surface area is 168 Å². The number of ether oxygens (including phenoxy) is 1. The van der Waals surface area contributed by atoms with Crippen LogP contribution in [0.5, 0.6) is 0 Å². The molecule has 2 heterocycles. The molecule has 0 bridgehead atoms. The summed E-state index contributed by atoms with van der Waals surface area (Å²) in [6.45, 7) is 7.77. The molecule has 2 aliphatic rings. The molecule has 0 radical (unpaired) electrons. The van der Waals surface area contributed by atoms with Gasteiger partial charge >= 0.3 is 0 Å². The first-order valence-electron chi connectivity index (χ1n) is 10.7. The topological polar surface area (TPSA) is 34.5 Å². The van der Waals surface area contributed by atoms with Crippen LogP contribution in [0.1, 0.15) is 63.3 Å². The van der Waals surface area contributed by atoms with Crippen molar-refractivity contribution in [2.45, 2.75) is 65.0 Å². The van der Waals surface area contributed by atoms with Gasteiger partial charge in [0.25, 0.3) is 5.91 Å². The third-order valence-corrected chi connectivity index (χ3v) is 6.39. The summed E-state index contributed by atoms with van der Waals surface area (Å²) < 4.78 is 8.01. The molecule has 1 aliphatic heterocycles. The van der Waals surface area contributed by atoms with Gasteiger partial charge in [0.05, 0.1) is 12.1 Å². The molecule has 4 heteroatoms. The molecule has 0 unspecified atom stereocenters. The van der Waals surface area contributed by atoms with Crippen molar-refractivity contribution in [1.82, 2.24) is 9.47 Å². The smallest absolute Gasteiger partial charge is 0.250 e. The highest BCUT2D eigenvalue weighted by Crippen LogP contribution is 2.47. The number of carbonyl (C=O) groups excluding carboxylic acids is 1. The second kappa shape index (κ2) is 7.75. The van der Waals surface area contributed by atoms with E-state index in [9.17, 15) is 4.79 Å². The van der Waals surface area contributed by atoms with Gasteiger partial charge in [-0.3, -0.25) is 4.79 Å². The summed E-state index contributed by atoms with van der Waals surface area (Å²) >= 11 is 0. The average molecular weight is 381 g/mol. The van der Waals surface area contributed by atoms with E-state index in [-0.39, 0.29) is 18.1 Å². The van der Waals surface area contributed by atoms with Crippen molar-refractivity contribution in [3.63, 3.8) is 0 Å². The fourth-order valence-corrected chi connectivity index (χ4v) is 4.96. The van der Waals surface area contributed by atoms with Crippen LogP contribution in [0.3, 0.4) is 0 Å². The van der Waals surface area contributed by atoms with Gasteiger partial charge < -0.3 is 14.2 Å². The molecular formula is C24H32N2O2. The molecule has 1 aromatic heterocycles. The number of benzene rings is 1. The Hall–Kier alpha value is -2.07. The van der Waals surface area contributed by atoms with Crippen LogP contribution in [-0.4, -0.2) is 34.6 Å². The Bertz CT molecular complexity index is 922. The van der Waals surface area contributed by atoms with E-state index < -0.39 is 0 Å². The SMILES string of the molecule is Cc1c([C@H]2C3=C(CCCC3)C(=O)N2CCCOC(C)C)c2ccccc2n1C. The number of hydrogen-bond acceptors (Lipinski definition) is 2. The lowest BCUT2D eigenvalue weighted by atomic mass is 9.87. The number of aryl methyl sites for hydroxylation is 1. The minimum absolute atomic E-state index is 0.0907. The molecule has 0 N–H and O–H groups in total. The molecule has 1 aliphatic carbocycles. The lowest BCUT2D eigenvalue weighted by Crippen LogP contribution is -2.32. The summed E-state index contributed by atoms with van der Waals surface area (Å²) in [7, 11) is 2.13. The summed E-state index contributed by atoms with van der Waals surface area (Å²) in [6.07, 6.45) is 5.43. The molecule has 0 saturated carbocycles. The Morgan fingerprint density at radius 1 is 1.18 bits per heavy atom. The van der Waals surface area contributed by atoms with Crippen molar-refractivity contribution >= 4 is 16.8 Å². The number of para-hydroxylation sites is 1. The zero-order chi connectivity index (χ0) is 19.8. The first-order valence-corrected chi connectivity index (χ1v) is 10.7. The van der Waals surface area contributed by atoms with Crippen molar-refractivity contribution in [2.75, 3.05) is 13.2 Å². The summed E-state index contributed by atoms with van der Waals surface area (Å²) in [5.41, 5.74) is 6.30. The van der Waals surface area contributed by atoms with E-state index >= 15 is 0 Å². The Morgan fingerprint density at radius 3 is 2.71 bits per heavy atom. The molecule has 28 heavy (non-hydrogen) atoms. The zero-order valence-electron chi connectivity index (χ0n) is 17.6. The fourth-order valence-electron chi connectivity index (χ4n) is 4.96. The van der Waals surface area contributed by atoms with Crippen LogP contribution < -0.4 is 0 Å². The standard InChI is InChI=1S/C24H32N2O2/c1-16(2)28-15-9-14-26-23(18-10-5-6-11-19(18)24(26)27)22-17(3)25(4)21-13-8-7-12-20(21)22/h7-8,12-13,16,23H,5-6,9-11,14-15H2,1-4H3/t23-/m1/s1. The monoisotopic (exact) mass is 380 g/mol. The van der Waals surface area contributed by atoms with Crippen LogP contribution in [0.15, 0.2) is 35.4 Å². The van der Waals surface area contributed by atoms with Crippen molar-refractivity contribution in [1.29, 1.82) is 0 Å². The summed E-state index contributed by atoms with van der Waals surface area (Å²) in [5.74, 6) is 0.261. The Morgan fingerprint density at radius 2 is 1.93 bits per heavy atom. The van der Waals surface area contributed by atoms with E-state index in [1.165, 1.54) is 34.2 Å². The molecular weight excluding hydrogens is 348 g/mol. The van der Waals surface area contributed by atoms with E-state index in [1.54, 1.807) is 0 Å². The molecule has 1 aromatic carbocycles. The molecule has 1 amide bonds. The maximum Gasteiger partial charge on any atom is 0.250 e. The van der Waals surface area contributed by atoms with Gasteiger partial charge in [0.2, 0.25) is 0 Å². The van der Waals surface area contributed by atoms with E-state index in [0.29, 0.717) is 6.61 Å². The number of rotatable bonds is 6. The number of fused-ring (bicyclic) bond motifs is 1. The minimum atomic E-state index is 0.0907. The Kier molecular flexibility index (Phi) is 5.33. The van der Waals surface area contributed by atoms with Crippen LogP contribution in [0.2, 0.25) is 0 Å². The number of amides is 1. The maximum atomic E-state index is 13.3. The van der Waals surface area contributed by atoms with E-state index in [1.807, 2.05) is 0 Å². The molecule has 4 rings (SSSR count). The van der Waals surface area contributed by atoms with Gasteiger partial charge in [-0.25, -0.2) is 0 Å². The fraction of sp³-hybridized carbons (Fsp3) is 0.542. The minimum Gasteiger partial charge on any atom is -0.379 e. The number of aromatic nitrogens is 1. The molecule has 0 spiro atoms. The van der Waals surface area contributed by atoms with Crippen LogP contribution >= 0.6 is 0 Å². The van der Waals surface area contributed by atoms with Crippen LogP contribution in [-0.2, 0) is 16.6 Å². The van der Waals surface area contributed by atoms with Gasteiger partial charge in [-0.1, -0.05) is 18.2 Å². The van der Waals surface area contributed by atoms with Gasteiger partial charge in [-0.15, -0.1) is 0 Å². The van der Waals surface area contributed by atoms with Gasteiger partial charge in [0.1, 0.15) is 0 Å². The highest BCUT2D eigenvalue weighted by molar-refractivity contribution is 5.99. The predicted molar refractivity (Wildman–Crippen MR) is 113 cm³/mol. The van der Waals surface area contributed by atoms with Crippen LogP contribution in [0.4, 0.5) is 0 Å². The predicted octanol–water partition coefficient (Wildman–Crippen LogP) is 5.06. The molecule has 1 atom stereocenters.